The van der Waals surface area contributed by atoms with Gasteiger partial charge in [0.2, 0.25) is 0 Å². The minimum Gasteiger partial charge on any atom is -0.422 e. The predicted molar refractivity (Wildman–Crippen MR) is 84.6 cm³/mol. The minimum atomic E-state index is -0.522. The van der Waals surface area contributed by atoms with E-state index in [4.69, 9.17) is 21.9 Å². The van der Waals surface area contributed by atoms with Crippen LogP contribution in [0.5, 0.6) is 0 Å². The first-order valence-corrected chi connectivity index (χ1v) is 6.81. The second-order valence-electron chi connectivity index (χ2n) is 4.65. The maximum absolute atomic E-state index is 12.2. The molecule has 3 aromatic rings. The van der Waals surface area contributed by atoms with Crippen LogP contribution in [0.4, 0.5) is 0 Å². The van der Waals surface area contributed by atoms with E-state index in [1.54, 1.807) is 18.2 Å². The number of hydrogen-bond acceptors (Lipinski definition) is 4. The summed E-state index contributed by atoms with van der Waals surface area (Å²) >= 11 is 6.16. The van der Waals surface area contributed by atoms with Crippen LogP contribution in [-0.4, -0.2) is 5.91 Å². The average Bonchev–Trinajstić information content (AvgIpc) is 2.54. The highest BCUT2D eigenvalue weighted by Gasteiger charge is 2.14. The third-order valence-corrected chi connectivity index (χ3v) is 3.62. The van der Waals surface area contributed by atoms with Crippen molar-refractivity contribution in [1.29, 1.82) is 0 Å². The van der Waals surface area contributed by atoms with Crippen molar-refractivity contribution in [3.05, 3.63) is 69.5 Å². The van der Waals surface area contributed by atoms with E-state index in [0.29, 0.717) is 21.7 Å². The van der Waals surface area contributed by atoms with Crippen LogP contribution in [-0.2, 0) is 0 Å². The van der Waals surface area contributed by atoms with Crippen molar-refractivity contribution in [3.8, 4) is 11.1 Å². The van der Waals surface area contributed by atoms with Gasteiger partial charge in [-0.3, -0.25) is 10.2 Å². The number of amides is 1. The molecule has 3 rings (SSSR count). The highest BCUT2D eigenvalue weighted by molar-refractivity contribution is 6.33. The van der Waals surface area contributed by atoms with Crippen LogP contribution in [0.25, 0.3) is 22.1 Å². The van der Waals surface area contributed by atoms with Crippen molar-refractivity contribution in [2.45, 2.75) is 0 Å². The third-order valence-electron chi connectivity index (χ3n) is 3.29. The molecule has 0 saturated heterocycles. The Balaban J connectivity index is 2.24. The number of halogens is 1. The van der Waals surface area contributed by atoms with Gasteiger partial charge < -0.3 is 4.42 Å². The fourth-order valence-corrected chi connectivity index (χ4v) is 2.43. The van der Waals surface area contributed by atoms with Crippen LogP contribution in [0.15, 0.2) is 57.7 Å². The van der Waals surface area contributed by atoms with Gasteiger partial charge in [0.05, 0.1) is 5.56 Å². The number of carbonyl (C=O) groups is 1. The number of para-hydroxylation sites is 1. The number of hydrazine groups is 1. The fourth-order valence-electron chi connectivity index (χ4n) is 2.21. The quantitative estimate of drug-likeness (QED) is 0.329. The van der Waals surface area contributed by atoms with Gasteiger partial charge in [0.1, 0.15) is 5.58 Å². The summed E-state index contributed by atoms with van der Waals surface area (Å²) < 4.78 is 5.29. The van der Waals surface area contributed by atoms with E-state index < -0.39 is 11.5 Å². The molecule has 0 aliphatic heterocycles. The lowest BCUT2D eigenvalue weighted by atomic mass is 10.0. The van der Waals surface area contributed by atoms with Crippen LogP contribution in [0.2, 0.25) is 5.02 Å². The Hall–Kier alpha value is -2.63. The van der Waals surface area contributed by atoms with Gasteiger partial charge in [0.25, 0.3) is 5.91 Å². The molecule has 1 aromatic heterocycles. The number of fused-ring (bicyclic) bond motifs is 1. The van der Waals surface area contributed by atoms with E-state index in [9.17, 15) is 9.59 Å². The number of hydrogen-bond donors (Lipinski definition) is 2. The summed E-state index contributed by atoms with van der Waals surface area (Å²) in [7, 11) is 0. The summed E-state index contributed by atoms with van der Waals surface area (Å²) in [5.41, 5.74) is 3.01. The van der Waals surface area contributed by atoms with E-state index in [1.165, 1.54) is 18.2 Å². The Morgan fingerprint density at radius 2 is 1.86 bits per heavy atom. The Bertz CT molecular complexity index is 934. The molecule has 6 heteroatoms. The summed E-state index contributed by atoms with van der Waals surface area (Å²) in [6.07, 6.45) is 0. The summed E-state index contributed by atoms with van der Waals surface area (Å²) in [5.74, 6) is 4.65. The minimum absolute atomic E-state index is 0.287. The standard InChI is InChI=1S/C16H11ClN2O3/c17-13-6-5-10(15(20)19-18)8-11(13)12-7-9-3-1-2-4-14(9)22-16(12)21/h1-8H,18H2,(H,19,20). The maximum atomic E-state index is 12.2. The predicted octanol–water partition coefficient (Wildman–Crippen LogP) is 2.72. The lowest BCUT2D eigenvalue weighted by molar-refractivity contribution is 0.0953. The summed E-state index contributed by atoms with van der Waals surface area (Å²) in [4.78, 5) is 23.8. The Morgan fingerprint density at radius 1 is 1.09 bits per heavy atom. The number of nitrogen functional groups attached to an aromatic ring is 1. The number of rotatable bonds is 2. The summed E-state index contributed by atoms with van der Waals surface area (Å²) in [6.45, 7) is 0. The largest absolute Gasteiger partial charge is 0.422 e. The van der Waals surface area contributed by atoms with Crippen LogP contribution >= 0.6 is 11.6 Å². The molecule has 0 aliphatic carbocycles. The molecule has 5 nitrogen and oxygen atoms in total. The van der Waals surface area contributed by atoms with Crippen LogP contribution < -0.4 is 16.9 Å². The first-order valence-electron chi connectivity index (χ1n) is 6.44. The van der Waals surface area contributed by atoms with Gasteiger partial charge >= 0.3 is 5.63 Å². The highest BCUT2D eigenvalue weighted by atomic mass is 35.5. The molecule has 0 spiro atoms. The van der Waals surface area contributed by atoms with E-state index in [0.717, 1.165) is 5.39 Å². The zero-order chi connectivity index (χ0) is 15.7. The molecule has 0 radical (unpaired) electrons. The normalized spacial score (nSPS) is 10.6. The Morgan fingerprint density at radius 3 is 2.64 bits per heavy atom. The first-order chi connectivity index (χ1) is 10.6. The summed E-state index contributed by atoms with van der Waals surface area (Å²) in [6, 6.07) is 13.4. The molecule has 1 amide bonds. The van der Waals surface area contributed by atoms with E-state index in [2.05, 4.69) is 0 Å². The molecule has 110 valence electrons. The fraction of sp³-hybridized carbons (Fsp3) is 0. The molecule has 22 heavy (non-hydrogen) atoms. The molecule has 0 unspecified atom stereocenters. The van der Waals surface area contributed by atoms with E-state index in [-0.39, 0.29) is 5.56 Å². The molecule has 0 bridgehead atoms. The molecule has 1 heterocycles. The van der Waals surface area contributed by atoms with Crippen LogP contribution in [0, 0.1) is 0 Å². The van der Waals surface area contributed by atoms with Crippen molar-refractivity contribution >= 4 is 28.5 Å². The van der Waals surface area contributed by atoms with Crippen molar-refractivity contribution in [3.63, 3.8) is 0 Å². The van der Waals surface area contributed by atoms with Crippen molar-refractivity contribution < 1.29 is 9.21 Å². The average molecular weight is 315 g/mol. The highest BCUT2D eigenvalue weighted by Crippen LogP contribution is 2.28. The molecule has 0 fully saturated rings. The molecule has 2 aromatic carbocycles. The lowest BCUT2D eigenvalue weighted by Crippen LogP contribution is -2.29. The number of nitrogens with one attached hydrogen (secondary N) is 1. The third kappa shape index (κ3) is 2.47. The molecule has 0 aliphatic rings. The van der Waals surface area contributed by atoms with E-state index in [1.807, 2.05) is 17.6 Å². The zero-order valence-electron chi connectivity index (χ0n) is 11.3. The van der Waals surface area contributed by atoms with Gasteiger partial charge in [-0.2, -0.15) is 0 Å². The molecule has 0 atom stereocenters. The van der Waals surface area contributed by atoms with Gasteiger partial charge in [-0.15, -0.1) is 0 Å². The van der Waals surface area contributed by atoms with Crippen LogP contribution in [0.1, 0.15) is 10.4 Å². The van der Waals surface area contributed by atoms with Crippen molar-refractivity contribution in [2.24, 2.45) is 5.84 Å². The van der Waals surface area contributed by atoms with Crippen molar-refractivity contribution in [1.82, 2.24) is 5.43 Å². The first kappa shape index (κ1) is 14.3. The molecular weight excluding hydrogens is 304 g/mol. The molecule has 0 saturated carbocycles. The molecule has 3 N–H and O–H groups in total. The zero-order valence-corrected chi connectivity index (χ0v) is 12.1. The second kappa shape index (κ2) is 5.63. The second-order valence-corrected chi connectivity index (χ2v) is 5.06. The summed E-state index contributed by atoms with van der Waals surface area (Å²) in [5, 5.41) is 1.11. The lowest BCUT2D eigenvalue weighted by Gasteiger charge is -2.07. The van der Waals surface area contributed by atoms with Crippen molar-refractivity contribution in [2.75, 3.05) is 0 Å². The van der Waals surface area contributed by atoms with Gasteiger partial charge in [0.15, 0.2) is 0 Å². The number of benzene rings is 2. The smallest absolute Gasteiger partial charge is 0.344 e. The Kier molecular flexibility index (Phi) is 3.66. The number of carbonyl (C=O) groups excluding carboxylic acids is 1. The SMILES string of the molecule is NNC(=O)c1ccc(Cl)c(-c2cc3ccccc3oc2=O)c1. The Labute approximate surface area is 130 Å². The monoisotopic (exact) mass is 314 g/mol. The van der Waals surface area contributed by atoms with Gasteiger partial charge in [-0.05, 0) is 30.3 Å². The van der Waals surface area contributed by atoms with Gasteiger partial charge in [-0.25, -0.2) is 10.6 Å². The number of nitrogens with two attached hydrogens (primary N) is 1. The van der Waals surface area contributed by atoms with Crippen LogP contribution in [0.3, 0.4) is 0 Å². The van der Waals surface area contributed by atoms with E-state index >= 15 is 0 Å². The topological polar surface area (TPSA) is 85.3 Å². The van der Waals surface area contributed by atoms with Gasteiger partial charge in [-0.1, -0.05) is 29.8 Å². The maximum Gasteiger partial charge on any atom is 0.344 e. The van der Waals surface area contributed by atoms with Gasteiger partial charge in [0, 0.05) is 21.5 Å². The molecular formula is C16H11ClN2O3.